The van der Waals surface area contributed by atoms with Crippen LogP contribution in [-0.2, 0) is 0 Å². The molecule has 0 fully saturated rings. The maximum absolute atomic E-state index is 11.5. The van der Waals surface area contributed by atoms with Crippen molar-refractivity contribution in [3.63, 3.8) is 0 Å². The summed E-state index contributed by atoms with van der Waals surface area (Å²) in [6, 6.07) is 5.82. The summed E-state index contributed by atoms with van der Waals surface area (Å²) < 4.78 is 0. The van der Waals surface area contributed by atoms with Gasteiger partial charge in [0.1, 0.15) is 17.4 Å². The molecule has 1 atom stereocenters. The second-order valence-electron chi connectivity index (χ2n) is 3.63. The van der Waals surface area contributed by atoms with E-state index in [2.05, 4.69) is 0 Å². The molecule has 7 nitrogen and oxygen atoms in total. The van der Waals surface area contributed by atoms with Crippen molar-refractivity contribution in [3.8, 4) is 11.6 Å². The molecule has 0 aliphatic carbocycles. The van der Waals surface area contributed by atoms with Crippen LogP contribution in [0.25, 0.3) is 0 Å². The van der Waals surface area contributed by atoms with Gasteiger partial charge in [-0.15, -0.1) is 0 Å². The monoisotopic (exact) mass is 250 g/mol. The zero-order valence-corrected chi connectivity index (χ0v) is 9.04. The number of nitrogens with one attached hydrogen (secondary N) is 2. The Kier molecular flexibility index (Phi) is 2.90. The first-order valence-corrected chi connectivity index (χ1v) is 5.02. The van der Waals surface area contributed by atoms with Gasteiger partial charge < -0.3 is 15.3 Å². The van der Waals surface area contributed by atoms with Gasteiger partial charge in [0.05, 0.1) is 0 Å². The lowest BCUT2D eigenvalue weighted by atomic mass is 10.0. The summed E-state index contributed by atoms with van der Waals surface area (Å²) in [7, 11) is 0. The van der Waals surface area contributed by atoms with Crippen LogP contribution < -0.4 is 11.2 Å². The van der Waals surface area contributed by atoms with Crippen molar-refractivity contribution in [2.75, 3.05) is 0 Å². The topological polar surface area (TPSA) is 126 Å². The maximum Gasteiger partial charge on any atom is 0.328 e. The summed E-state index contributed by atoms with van der Waals surface area (Å²) in [6.07, 6.45) is -1.55. The molecule has 1 heterocycles. The van der Waals surface area contributed by atoms with Gasteiger partial charge in [-0.25, -0.2) is 4.79 Å². The van der Waals surface area contributed by atoms with Crippen molar-refractivity contribution < 1.29 is 15.3 Å². The van der Waals surface area contributed by atoms with Crippen LogP contribution >= 0.6 is 0 Å². The van der Waals surface area contributed by atoms with E-state index in [0.717, 1.165) is 0 Å². The molecule has 2 aromatic rings. The van der Waals surface area contributed by atoms with Crippen LogP contribution in [0.15, 0.2) is 33.9 Å². The fourth-order valence-electron chi connectivity index (χ4n) is 1.61. The quantitative estimate of drug-likeness (QED) is 0.493. The number of benzene rings is 1. The fraction of sp³-hybridized carbons (Fsp3) is 0.0909. The Bertz CT molecular complexity index is 688. The zero-order chi connectivity index (χ0) is 13.3. The number of aliphatic hydroxyl groups is 1. The normalized spacial score (nSPS) is 12.3. The Labute approximate surface area is 100.0 Å². The van der Waals surface area contributed by atoms with Crippen molar-refractivity contribution >= 4 is 0 Å². The molecule has 0 bridgehead atoms. The van der Waals surface area contributed by atoms with Gasteiger partial charge in [-0.05, 0) is 6.07 Å². The molecule has 0 spiro atoms. The minimum absolute atomic E-state index is 0.0466. The van der Waals surface area contributed by atoms with E-state index in [-0.39, 0.29) is 11.3 Å². The van der Waals surface area contributed by atoms with E-state index in [0.29, 0.717) is 0 Å². The first-order valence-electron chi connectivity index (χ1n) is 5.02. The van der Waals surface area contributed by atoms with Gasteiger partial charge in [0.15, 0.2) is 0 Å². The van der Waals surface area contributed by atoms with Crippen LogP contribution in [0.3, 0.4) is 0 Å². The zero-order valence-electron chi connectivity index (χ0n) is 9.04. The summed E-state index contributed by atoms with van der Waals surface area (Å²) in [5.74, 6) is -0.963. The molecule has 1 aromatic heterocycles. The Morgan fingerprint density at radius 2 is 1.72 bits per heavy atom. The summed E-state index contributed by atoms with van der Waals surface area (Å²) in [5, 5.41) is 29.0. The molecule has 0 radical (unpaired) electrons. The molecule has 2 rings (SSSR count). The number of para-hydroxylation sites is 1. The molecule has 7 heteroatoms. The van der Waals surface area contributed by atoms with E-state index < -0.39 is 28.8 Å². The number of hydrogen-bond donors (Lipinski definition) is 5. The molecule has 18 heavy (non-hydrogen) atoms. The van der Waals surface area contributed by atoms with E-state index in [1.165, 1.54) is 12.1 Å². The Hall–Kier alpha value is -2.54. The third-order valence-corrected chi connectivity index (χ3v) is 2.46. The smallest absolute Gasteiger partial charge is 0.328 e. The van der Waals surface area contributed by atoms with E-state index in [9.17, 15) is 24.9 Å². The number of aliphatic hydroxyl groups excluding tert-OH is 1. The number of phenolic OH excluding ortho intramolecular Hbond substituents is 1. The third kappa shape index (κ3) is 1.98. The standard InChI is InChI=1S/C11H10N2O5/c14-6-4-2-1-3-5(6)8(15)7-9(16)12-11(18)13-10(7)17/h1-4,8,14-15H,(H3,12,13,16,17,18). The minimum atomic E-state index is -1.55. The van der Waals surface area contributed by atoms with Crippen molar-refractivity contribution in [2.45, 2.75) is 6.10 Å². The van der Waals surface area contributed by atoms with Gasteiger partial charge in [-0.1, -0.05) is 18.2 Å². The van der Waals surface area contributed by atoms with E-state index in [1.807, 2.05) is 9.97 Å². The van der Waals surface area contributed by atoms with Gasteiger partial charge in [0.2, 0.25) is 5.88 Å². The van der Waals surface area contributed by atoms with Crippen LogP contribution in [0, 0.1) is 0 Å². The summed E-state index contributed by atoms with van der Waals surface area (Å²) in [4.78, 5) is 26.2. The number of hydrogen-bond acceptors (Lipinski definition) is 5. The second-order valence-corrected chi connectivity index (χ2v) is 3.63. The predicted molar refractivity (Wildman–Crippen MR) is 61.5 cm³/mol. The molecule has 94 valence electrons. The van der Waals surface area contributed by atoms with Gasteiger partial charge >= 0.3 is 5.69 Å². The van der Waals surface area contributed by atoms with Gasteiger partial charge in [0.25, 0.3) is 5.56 Å². The van der Waals surface area contributed by atoms with Crippen molar-refractivity contribution in [1.29, 1.82) is 0 Å². The third-order valence-electron chi connectivity index (χ3n) is 2.46. The highest BCUT2D eigenvalue weighted by atomic mass is 16.3. The van der Waals surface area contributed by atoms with Crippen LogP contribution in [-0.4, -0.2) is 25.3 Å². The number of rotatable bonds is 2. The van der Waals surface area contributed by atoms with Crippen molar-refractivity contribution in [2.24, 2.45) is 0 Å². The molecule has 0 amide bonds. The molecule has 0 aliphatic rings. The Morgan fingerprint density at radius 3 is 2.33 bits per heavy atom. The Balaban J connectivity index is 2.60. The number of aromatic amines is 2. The molecule has 0 saturated heterocycles. The predicted octanol–water partition coefficient (Wildman–Crippen LogP) is -0.444. The number of H-pyrrole nitrogens is 2. The minimum Gasteiger partial charge on any atom is -0.508 e. The highest BCUT2D eigenvalue weighted by molar-refractivity contribution is 5.40. The van der Waals surface area contributed by atoms with Gasteiger partial charge in [-0.3, -0.25) is 14.8 Å². The van der Waals surface area contributed by atoms with Crippen molar-refractivity contribution in [3.05, 3.63) is 56.2 Å². The van der Waals surface area contributed by atoms with Crippen LogP contribution in [0.2, 0.25) is 0 Å². The highest BCUT2D eigenvalue weighted by Crippen LogP contribution is 2.29. The average molecular weight is 250 g/mol. The maximum atomic E-state index is 11.5. The molecule has 0 aliphatic heterocycles. The molecular formula is C11H10N2O5. The SMILES string of the molecule is O=c1[nH]c(O)c(C(O)c2ccccc2O)c(=O)[nH]1. The number of phenols is 1. The molecule has 5 N–H and O–H groups in total. The first-order chi connectivity index (χ1) is 8.50. The fourth-order valence-corrected chi connectivity index (χ4v) is 1.61. The molecule has 0 saturated carbocycles. The van der Waals surface area contributed by atoms with Crippen molar-refractivity contribution in [1.82, 2.24) is 9.97 Å². The molecular weight excluding hydrogens is 240 g/mol. The summed E-state index contributed by atoms with van der Waals surface area (Å²) in [5.41, 5.74) is -2.20. The number of aromatic hydroxyl groups is 2. The van der Waals surface area contributed by atoms with E-state index >= 15 is 0 Å². The second kappa shape index (κ2) is 4.38. The Morgan fingerprint density at radius 1 is 1.06 bits per heavy atom. The highest BCUT2D eigenvalue weighted by Gasteiger charge is 2.22. The largest absolute Gasteiger partial charge is 0.508 e. The lowest BCUT2D eigenvalue weighted by molar-refractivity contribution is 0.207. The van der Waals surface area contributed by atoms with Crippen LogP contribution in [0.4, 0.5) is 0 Å². The lowest BCUT2D eigenvalue weighted by Gasteiger charge is -2.12. The first kappa shape index (κ1) is 11.9. The van der Waals surface area contributed by atoms with Crippen LogP contribution in [0.5, 0.6) is 11.6 Å². The summed E-state index contributed by atoms with van der Waals surface area (Å²) >= 11 is 0. The van der Waals surface area contributed by atoms with Gasteiger partial charge in [0, 0.05) is 5.56 Å². The molecule has 1 aromatic carbocycles. The average Bonchev–Trinajstić information content (AvgIpc) is 2.27. The van der Waals surface area contributed by atoms with Crippen LogP contribution in [0.1, 0.15) is 17.2 Å². The van der Waals surface area contributed by atoms with E-state index in [4.69, 9.17) is 0 Å². The van der Waals surface area contributed by atoms with E-state index in [1.54, 1.807) is 12.1 Å². The van der Waals surface area contributed by atoms with Gasteiger partial charge in [-0.2, -0.15) is 0 Å². The summed E-state index contributed by atoms with van der Waals surface area (Å²) in [6.45, 7) is 0. The lowest BCUT2D eigenvalue weighted by Crippen LogP contribution is -2.27. The molecule has 1 unspecified atom stereocenters. The number of aromatic nitrogens is 2.